The molecule has 0 bridgehead atoms. The van der Waals surface area contributed by atoms with Crippen LogP contribution in [-0.4, -0.2) is 11.4 Å². The summed E-state index contributed by atoms with van der Waals surface area (Å²) in [5, 5.41) is 11.8. The van der Waals surface area contributed by atoms with Crippen molar-refractivity contribution >= 4 is 5.91 Å². The van der Waals surface area contributed by atoms with Crippen LogP contribution in [0.2, 0.25) is 0 Å². The van der Waals surface area contributed by atoms with E-state index < -0.39 is 5.54 Å². The van der Waals surface area contributed by atoms with E-state index in [4.69, 9.17) is 5.26 Å². The zero-order valence-corrected chi connectivity index (χ0v) is 9.42. The number of nitrogens with zero attached hydrogens (tertiary/aromatic N) is 1. The molecule has 3 atom stereocenters. The molecule has 0 aromatic carbocycles. The van der Waals surface area contributed by atoms with Gasteiger partial charge in [-0.15, -0.1) is 0 Å². The van der Waals surface area contributed by atoms with Crippen LogP contribution in [0.15, 0.2) is 0 Å². The maximum absolute atomic E-state index is 11.9. The molecule has 0 aromatic rings. The van der Waals surface area contributed by atoms with Crippen LogP contribution in [0, 0.1) is 29.1 Å². The molecule has 3 unspecified atom stereocenters. The molecular formula is C12H18N2O. The smallest absolute Gasteiger partial charge is 0.224 e. The molecule has 1 N–H and O–H groups in total. The summed E-state index contributed by atoms with van der Waals surface area (Å²) >= 11 is 0. The van der Waals surface area contributed by atoms with Gasteiger partial charge in [0.25, 0.3) is 0 Å². The summed E-state index contributed by atoms with van der Waals surface area (Å²) in [6.45, 7) is 3.72. The van der Waals surface area contributed by atoms with Crippen LogP contribution < -0.4 is 5.32 Å². The standard InChI is InChI=1S/C12H18N2O/c1-3-12(2,7-13)14-11(15)10-5-8-4-9(8)6-10/h8-10H,3-6H2,1-2H3,(H,14,15). The molecule has 15 heavy (non-hydrogen) atoms. The second-order valence-electron chi connectivity index (χ2n) is 5.21. The quantitative estimate of drug-likeness (QED) is 0.766. The van der Waals surface area contributed by atoms with E-state index in [2.05, 4.69) is 11.4 Å². The number of nitrogens with one attached hydrogen (secondary N) is 1. The summed E-state index contributed by atoms with van der Waals surface area (Å²) in [5.74, 6) is 1.90. The molecule has 2 saturated carbocycles. The Balaban J connectivity index is 1.89. The van der Waals surface area contributed by atoms with Crippen LogP contribution in [0.4, 0.5) is 0 Å². The number of amides is 1. The first-order chi connectivity index (χ1) is 7.08. The van der Waals surface area contributed by atoms with Crippen LogP contribution in [0.25, 0.3) is 0 Å². The van der Waals surface area contributed by atoms with Crippen molar-refractivity contribution in [3.05, 3.63) is 0 Å². The van der Waals surface area contributed by atoms with E-state index in [1.165, 1.54) is 6.42 Å². The van der Waals surface area contributed by atoms with Crippen LogP contribution in [0.5, 0.6) is 0 Å². The minimum atomic E-state index is -0.677. The van der Waals surface area contributed by atoms with Crippen LogP contribution >= 0.6 is 0 Å². The van der Waals surface area contributed by atoms with E-state index in [1.807, 2.05) is 6.92 Å². The highest BCUT2D eigenvalue weighted by atomic mass is 16.2. The summed E-state index contributed by atoms with van der Waals surface area (Å²) in [4.78, 5) is 11.9. The lowest BCUT2D eigenvalue weighted by atomic mass is 9.97. The van der Waals surface area contributed by atoms with Crippen molar-refractivity contribution in [1.29, 1.82) is 5.26 Å². The van der Waals surface area contributed by atoms with Crippen LogP contribution in [0.1, 0.15) is 39.5 Å². The Morgan fingerprint density at radius 2 is 2.07 bits per heavy atom. The van der Waals surface area contributed by atoms with E-state index in [-0.39, 0.29) is 11.8 Å². The van der Waals surface area contributed by atoms with Crippen molar-refractivity contribution in [2.24, 2.45) is 17.8 Å². The van der Waals surface area contributed by atoms with E-state index in [9.17, 15) is 4.79 Å². The third-order valence-corrected chi connectivity index (χ3v) is 3.97. The fourth-order valence-corrected chi connectivity index (χ4v) is 2.50. The number of carbonyl (C=O) groups excluding carboxylic acids is 1. The van der Waals surface area contributed by atoms with Gasteiger partial charge in [-0.1, -0.05) is 6.92 Å². The Labute approximate surface area is 90.8 Å². The Hall–Kier alpha value is -1.04. The number of hydrogen-bond acceptors (Lipinski definition) is 2. The average Bonchev–Trinajstić information content (AvgIpc) is 2.85. The van der Waals surface area contributed by atoms with Gasteiger partial charge < -0.3 is 5.32 Å². The van der Waals surface area contributed by atoms with Gasteiger partial charge in [0.1, 0.15) is 5.54 Å². The fourth-order valence-electron chi connectivity index (χ4n) is 2.50. The van der Waals surface area contributed by atoms with E-state index >= 15 is 0 Å². The lowest BCUT2D eigenvalue weighted by Crippen LogP contribution is -2.46. The lowest BCUT2D eigenvalue weighted by Gasteiger charge is -2.23. The molecule has 1 amide bonds. The topological polar surface area (TPSA) is 52.9 Å². The number of nitriles is 1. The molecule has 0 saturated heterocycles. The average molecular weight is 206 g/mol. The van der Waals surface area contributed by atoms with E-state index in [0.717, 1.165) is 24.7 Å². The second-order valence-corrected chi connectivity index (χ2v) is 5.21. The molecule has 82 valence electrons. The number of fused-ring (bicyclic) bond motifs is 1. The molecule has 0 radical (unpaired) electrons. The largest absolute Gasteiger partial charge is 0.338 e. The molecule has 2 aliphatic rings. The van der Waals surface area contributed by atoms with Gasteiger partial charge in [-0.05, 0) is 44.4 Å². The first-order valence-electron chi connectivity index (χ1n) is 5.81. The number of hydrogen-bond donors (Lipinski definition) is 1. The van der Waals surface area contributed by atoms with E-state index in [0.29, 0.717) is 6.42 Å². The van der Waals surface area contributed by atoms with Gasteiger partial charge in [0.05, 0.1) is 6.07 Å². The Morgan fingerprint density at radius 1 is 1.47 bits per heavy atom. The van der Waals surface area contributed by atoms with Gasteiger partial charge in [-0.2, -0.15) is 5.26 Å². The Morgan fingerprint density at radius 3 is 2.53 bits per heavy atom. The molecule has 0 spiro atoms. The minimum absolute atomic E-state index is 0.0908. The van der Waals surface area contributed by atoms with Crippen molar-refractivity contribution in [2.75, 3.05) is 0 Å². The number of carbonyl (C=O) groups is 1. The van der Waals surface area contributed by atoms with Gasteiger partial charge in [-0.25, -0.2) is 0 Å². The first-order valence-corrected chi connectivity index (χ1v) is 5.81. The van der Waals surface area contributed by atoms with Crippen molar-refractivity contribution in [1.82, 2.24) is 5.32 Å². The van der Waals surface area contributed by atoms with Crippen molar-refractivity contribution in [3.63, 3.8) is 0 Å². The third-order valence-electron chi connectivity index (χ3n) is 3.97. The minimum Gasteiger partial charge on any atom is -0.338 e. The summed E-state index contributed by atoms with van der Waals surface area (Å²) in [7, 11) is 0. The first kappa shape index (κ1) is 10.5. The molecule has 2 rings (SSSR count). The molecule has 2 aliphatic carbocycles. The monoisotopic (exact) mass is 206 g/mol. The maximum atomic E-state index is 11.9. The van der Waals surface area contributed by atoms with Gasteiger partial charge >= 0.3 is 0 Å². The molecule has 2 fully saturated rings. The van der Waals surface area contributed by atoms with Crippen molar-refractivity contribution in [3.8, 4) is 6.07 Å². The Bertz CT molecular complexity index is 310. The predicted octanol–water partition coefficient (Wildman–Crippen LogP) is 1.84. The zero-order valence-electron chi connectivity index (χ0n) is 9.42. The van der Waals surface area contributed by atoms with Crippen molar-refractivity contribution < 1.29 is 4.79 Å². The van der Waals surface area contributed by atoms with Gasteiger partial charge in [0.15, 0.2) is 0 Å². The molecule has 3 nitrogen and oxygen atoms in total. The maximum Gasteiger partial charge on any atom is 0.224 e. The fraction of sp³-hybridized carbons (Fsp3) is 0.833. The molecule has 0 heterocycles. The third kappa shape index (κ3) is 1.99. The van der Waals surface area contributed by atoms with Gasteiger partial charge in [0, 0.05) is 5.92 Å². The summed E-state index contributed by atoms with van der Waals surface area (Å²) in [6.07, 6.45) is 4.07. The molecule has 0 aliphatic heterocycles. The number of rotatable bonds is 3. The second kappa shape index (κ2) is 3.52. The van der Waals surface area contributed by atoms with E-state index in [1.54, 1.807) is 6.92 Å². The highest BCUT2D eigenvalue weighted by molar-refractivity contribution is 5.80. The summed E-state index contributed by atoms with van der Waals surface area (Å²) in [5.41, 5.74) is -0.677. The molecule has 0 aromatic heterocycles. The highest BCUT2D eigenvalue weighted by Crippen LogP contribution is 2.54. The van der Waals surface area contributed by atoms with Gasteiger partial charge in [-0.3, -0.25) is 4.79 Å². The van der Waals surface area contributed by atoms with Crippen LogP contribution in [-0.2, 0) is 4.79 Å². The SMILES string of the molecule is CCC(C)(C#N)NC(=O)C1CC2CC2C1. The normalized spacial score (nSPS) is 36.2. The van der Waals surface area contributed by atoms with Gasteiger partial charge in [0.2, 0.25) is 5.91 Å². The van der Waals surface area contributed by atoms with Crippen LogP contribution in [0.3, 0.4) is 0 Å². The summed E-state index contributed by atoms with van der Waals surface area (Å²) in [6, 6.07) is 2.17. The van der Waals surface area contributed by atoms with Crippen molar-refractivity contribution in [2.45, 2.75) is 45.1 Å². The zero-order chi connectivity index (χ0) is 11.1. The highest BCUT2D eigenvalue weighted by Gasteiger charge is 2.48. The summed E-state index contributed by atoms with van der Waals surface area (Å²) < 4.78 is 0. The molecular weight excluding hydrogens is 188 g/mol. The molecule has 3 heteroatoms. The lowest BCUT2D eigenvalue weighted by molar-refractivity contribution is -0.126. The predicted molar refractivity (Wildman–Crippen MR) is 56.8 cm³/mol. The Kier molecular flexibility index (Phi) is 2.46.